The van der Waals surface area contributed by atoms with Crippen LogP contribution in [-0.2, 0) is 63.8 Å². The summed E-state index contributed by atoms with van der Waals surface area (Å²) >= 11 is 0. The summed E-state index contributed by atoms with van der Waals surface area (Å²) in [5.74, 6) is -5.41. The number of esters is 6. The largest absolute Gasteiger partial charge is 0.458 e. The first-order chi connectivity index (χ1) is 24.8. The summed E-state index contributed by atoms with van der Waals surface area (Å²) in [7, 11) is 0. The van der Waals surface area contributed by atoms with Gasteiger partial charge in [0.15, 0.2) is 30.5 Å². The maximum Gasteiger partial charge on any atom is 0.347 e. The quantitative estimate of drug-likeness (QED) is 0.0471. The van der Waals surface area contributed by atoms with Crippen LogP contribution in [-0.4, -0.2) is 66.3 Å². The summed E-state index contributed by atoms with van der Waals surface area (Å²) in [6, 6.07) is 8.93. The number of unbranched alkanes of at least 4 members (excludes halogenated alkanes) is 14. The second-order valence-corrected chi connectivity index (χ2v) is 13.2. The molecule has 1 aromatic carbocycles. The van der Waals surface area contributed by atoms with Gasteiger partial charge in [0, 0.05) is 6.42 Å². The molecule has 0 aliphatic rings. The molecule has 0 aliphatic carbocycles. The number of benzene rings is 1. The molecule has 0 heterocycles. The smallest absolute Gasteiger partial charge is 0.347 e. The van der Waals surface area contributed by atoms with Crippen LogP contribution in [0.1, 0.15) is 150 Å². The molecule has 0 fully saturated rings. The van der Waals surface area contributed by atoms with Crippen molar-refractivity contribution in [2.75, 3.05) is 0 Å². The third kappa shape index (κ3) is 21.4. The predicted molar refractivity (Wildman–Crippen MR) is 194 cm³/mol. The lowest BCUT2D eigenvalue weighted by atomic mass is 10.0. The van der Waals surface area contributed by atoms with Crippen molar-refractivity contribution in [1.82, 2.24) is 0 Å². The fraction of sp³-hybridized carbons (Fsp3) is 0.700. The van der Waals surface area contributed by atoms with Gasteiger partial charge in [0.25, 0.3) is 0 Å². The topological polar surface area (TPSA) is 158 Å². The van der Waals surface area contributed by atoms with Crippen LogP contribution in [0.5, 0.6) is 0 Å². The summed E-state index contributed by atoms with van der Waals surface area (Å²) in [5, 5.41) is 0. The molecular formula is C40H62O12. The van der Waals surface area contributed by atoms with Crippen molar-refractivity contribution in [2.24, 2.45) is 0 Å². The van der Waals surface area contributed by atoms with Crippen LogP contribution in [0.4, 0.5) is 0 Å². The van der Waals surface area contributed by atoms with Crippen LogP contribution in [0.2, 0.25) is 0 Å². The number of carbonyl (C=O) groups excluding carboxylic acids is 6. The van der Waals surface area contributed by atoms with Crippen LogP contribution >= 0.6 is 0 Å². The van der Waals surface area contributed by atoms with E-state index in [1.54, 1.807) is 24.3 Å². The standard InChI is InChI=1S/C40H62O12/c1-7-8-9-10-11-12-13-14-15-16-17-18-19-20-24-27-35(41)48-30(3)37(43)50-32(5)39(45)52-33(6)40(46)51-31(4)38(44)49-29(2)36(42)47-28-34-25-22-21-23-26-34/h21-23,25-26,29-33H,7-20,24,27-28H2,1-6H3/t29-,30-,31-,32-,33-/m0/s1. The molecule has 0 unspecified atom stereocenters. The third-order valence-electron chi connectivity index (χ3n) is 8.35. The fourth-order valence-corrected chi connectivity index (χ4v) is 5.06. The molecule has 52 heavy (non-hydrogen) atoms. The Morgan fingerprint density at radius 1 is 0.442 bits per heavy atom. The minimum Gasteiger partial charge on any atom is -0.458 e. The van der Waals surface area contributed by atoms with Gasteiger partial charge < -0.3 is 28.4 Å². The number of rotatable bonds is 28. The maximum absolute atomic E-state index is 12.5. The molecule has 1 aromatic rings. The average molecular weight is 735 g/mol. The molecule has 0 aliphatic heterocycles. The Hall–Kier alpha value is -3.96. The Bertz CT molecular complexity index is 1200. The number of hydrogen-bond acceptors (Lipinski definition) is 12. The van der Waals surface area contributed by atoms with Gasteiger partial charge in [0.1, 0.15) is 6.61 Å². The summed E-state index contributed by atoms with van der Waals surface area (Å²) < 4.78 is 30.4. The van der Waals surface area contributed by atoms with Gasteiger partial charge in [-0.3, -0.25) is 4.79 Å². The Labute approximate surface area is 309 Å². The summed E-state index contributed by atoms with van der Waals surface area (Å²) in [6.45, 7) is 8.56. The molecule has 0 saturated heterocycles. The minimum atomic E-state index is -1.47. The molecule has 0 aromatic heterocycles. The summed E-state index contributed by atoms with van der Waals surface area (Å²) in [5.41, 5.74) is 0.753. The molecule has 0 spiro atoms. The summed E-state index contributed by atoms with van der Waals surface area (Å²) in [6.07, 6.45) is 11.5. The van der Waals surface area contributed by atoms with Gasteiger partial charge in [-0.1, -0.05) is 127 Å². The van der Waals surface area contributed by atoms with E-state index in [1.165, 1.54) is 105 Å². The maximum atomic E-state index is 12.5. The van der Waals surface area contributed by atoms with Crippen molar-refractivity contribution in [3.8, 4) is 0 Å². The van der Waals surface area contributed by atoms with Crippen molar-refractivity contribution in [2.45, 2.75) is 181 Å². The Kier molecular flexibility index (Phi) is 24.5. The molecule has 0 amide bonds. The SMILES string of the molecule is CCCCCCCCCCCCCCCCCC(=O)O[C@@H](C)C(=O)O[C@@H](C)C(=O)O[C@@H](C)C(=O)O[C@@H](C)C(=O)O[C@@H](C)C(=O)OCc1ccccc1. The van der Waals surface area contributed by atoms with Crippen LogP contribution in [0.3, 0.4) is 0 Å². The first kappa shape index (κ1) is 46.1. The van der Waals surface area contributed by atoms with E-state index < -0.39 is 66.3 Å². The second kappa shape index (κ2) is 27.7. The Morgan fingerprint density at radius 3 is 1.15 bits per heavy atom. The Morgan fingerprint density at radius 2 is 0.769 bits per heavy atom. The second-order valence-electron chi connectivity index (χ2n) is 13.2. The van der Waals surface area contributed by atoms with E-state index in [9.17, 15) is 28.8 Å². The van der Waals surface area contributed by atoms with Crippen molar-refractivity contribution in [3.63, 3.8) is 0 Å². The summed E-state index contributed by atoms with van der Waals surface area (Å²) in [4.78, 5) is 74.0. The van der Waals surface area contributed by atoms with Crippen molar-refractivity contribution in [1.29, 1.82) is 0 Å². The zero-order chi connectivity index (χ0) is 38.7. The normalized spacial score (nSPS) is 13.8. The zero-order valence-electron chi connectivity index (χ0n) is 32.2. The van der Waals surface area contributed by atoms with Crippen LogP contribution in [0.25, 0.3) is 0 Å². The van der Waals surface area contributed by atoms with Crippen molar-refractivity contribution >= 4 is 35.8 Å². The lowest BCUT2D eigenvalue weighted by Crippen LogP contribution is -2.38. The van der Waals surface area contributed by atoms with Gasteiger partial charge in [-0.15, -0.1) is 0 Å². The van der Waals surface area contributed by atoms with Gasteiger partial charge in [-0.25, -0.2) is 24.0 Å². The number of carbonyl (C=O) groups is 6. The first-order valence-corrected chi connectivity index (χ1v) is 19.1. The van der Waals surface area contributed by atoms with Crippen LogP contribution < -0.4 is 0 Å². The number of hydrogen-bond donors (Lipinski definition) is 0. The van der Waals surface area contributed by atoms with Crippen LogP contribution in [0, 0.1) is 0 Å². The van der Waals surface area contributed by atoms with E-state index in [1.807, 2.05) is 6.07 Å². The highest BCUT2D eigenvalue weighted by Crippen LogP contribution is 2.15. The highest BCUT2D eigenvalue weighted by atomic mass is 16.6. The van der Waals surface area contributed by atoms with Crippen molar-refractivity contribution in [3.05, 3.63) is 35.9 Å². The average Bonchev–Trinajstić information content (AvgIpc) is 3.12. The van der Waals surface area contributed by atoms with E-state index in [0.29, 0.717) is 6.42 Å². The molecule has 12 nitrogen and oxygen atoms in total. The lowest BCUT2D eigenvalue weighted by Gasteiger charge is -2.20. The molecule has 0 saturated carbocycles. The first-order valence-electron chi connectivity index (χ1n) is 19.1. The predicted octanol–water partition coefficient (Wildman–Crippen LogP) is 7.65. The lowest BCUT2D eigenvalue weighted by molar-refractivity contribution is -0.186. The third-order valence-corrected chi connectivity index (χ3v) is 8.35. The van der Waals surface area contributed by atoms with Gasteiger partial charge in [0.05, 0.1) is 0 Å². The van der Waals surface area contributed by atoms with E-state index in [2.05, 4.69) is 6.92 Å². The van der Waals surface area contributed by atoms with Crippen LogP contribution in [0.15, 0.2) is 30.3 Å². The number of ether oxygens (including phenoxy) is 6. The van der Waals surface area contributed by atoms with Gasteiger partial charge >= 0.3 is 35.8 Å². The molecule has 1 rings (SSSR count). The zero-order valence-corrected chi connectivity index (χ0v) is 32.2. The monoisotopic (exact) mass is 734 g/mol. The highest BCUT2D eigenvalue weighted by Gasteiger charge is 2.31. The van der Waals surface area contributed by atoms with E-state index in [-0.39, 0.29) is 13.0 Å². The van der Waals surface area contributed by atoms with E-state index >= 15 is 0 Å². The molecule has 12 heteroatoms. The van der Waals surface area contributed by atoms with Gasteiger partial charge in [-0.2, -0.15) is 0 Å². The molecular weight excluding hydrogens is 672 g/mol. The molecule has 5 atom stereocenters. The fourth-order valence-electron chi connectivity index (χ4n) is 5.06. The minimum absolute atomic E-state index is 0.00757. The highest BCUT2D eigenvalue weighted by molar-refractivity contribution is 5.86. The molecule has 0 radical (unpaired) electrons. The Balaban J connectivity index is 2.22. The van der Waals surface area contributed by atoms with Crippen molar-refractivity contribution < 1.29 is 57.2 Å². The van der Waals surface area contributed by atoms with E-state index in [4.69, 9.17) is 28.4 Å². The molecule has 0 bridgehead atoms. The molecule has 294 valence electrons. The van der Waals surface area contributed by atoms with Gasteiger partial charge in [-0.05, 0) is 46.6 Å². The molecule has 0 N–H and O–H groups in total. The van der Waals surface area contributed by atoms with Gasteiger partial charge in [0.2, 0.25) is 0 Å². The van der Waals surface area contributed by atoms with E-state index in [0.717, 1.165) is 24.8 Å².